The van der Waals surface area contributed by atoms with Gasteiger partial charge in [-0.05, 0) is 24.1 Å². The van der Waals surface area contributed by atoms with Gasteiger partial charge in [0, 0.05) is 19.0 Å². The maximum atomic E-state index is 12.2. The number of benzene rings is 2. The van der Waals surface area contributed by atoms with Gasteiger partial charge in [0.05, 0.1) is 6.54 Å². The number of hydrogen-bond donors (Lipinski definition) is 0. The molecular weight excluding hydrogens is 302 g/mol. The average Bonchev–Trinajstić information content (AvgIpc) is 3.10. The molecule has 0 spiro atoms. The van der Waals surface area contributed by atoms with Crippen LogP contribution in [0.3, 0.4) is 0 Å². The van der Waals surface area contributed by atoms with Gasteiger partial charge in [-0.3, -0.25) is 4.79 Å². The normalized spacial score (nSPS) is 10.5. The number of aryl methyl sites for hydroxylation is 1. The van der Waals surface area contributed by atoms with Gasteiger partial charge in [-0.2, -0.15) is 0 Å². The van der Waals surface area contributed by atoms with Crippen LogP contribution in [-0.4, -0.2) is 28.1 Å². The van der Waals surface area contributed by atoms with Crippen molar-refractivity contribution in [1.82, 2.24) is 15.1 Å². The Labute approximate surface area is 140 Å². The Balaban J connectivity index is 1.55. The van der Waals surface area contributed by atoms with Gasteiger partial charge in [0.1, 0.15) is 0 Å². The molecule has 122 valence electrons. The number of carbonyl (C=O) groups excluding carboxylic acids is 1. The predicted molar refractivity (Wildman–Crippen MR) is 91.0 cm³/mol. The molecule has 3 rings (SSSR count). The first kappa shape index (κ1) is 15.9. The summed E-state index contributed by atoms with van der Waals surface area (Å²) in [5.41, 5.74) is 2.03. The lowest BCUT2D eigenvalue weighted by Crippen LogP contribution is -2.26. The summed E-state index contributed by atoms with van der Waals surface area (Å²) in [7, 11) is 1.75. The van der Waals surface area contributed by atoms with E-state index in [1.165, 1.54) is 0 Å². The monoisotopic (exact) mass is 321 g/mol. The van der Waals surface area contributed by atoms with E-state index >= 15 is 0 Å². The molecule has 0 bridgehead atoms. The summed E-state index contributed by atoms with van der Waals surface area (Å²) in [6, 6.07) is 19.6. The van der Waals surface area contributed by atoms with Crippen molar-refractivity contribution < 1.29 is 9.21 Å². The fraction of sp³-hybridized carbons (Fsp3) is 0.211. The predicted octanol–water partition coefficient (Wildman–Crippen LogP) is 3.33. The molecule has 24 heavy (non-hydrogen) atoms. The van der Waals surface area contributed by atoms with Crippen LogP contribution in [0.2, 0.25) is 0 Å². The minimum atomic E-state index is 0.0540. The lowest BCUT2D eigenvalue weighted by atomic mass is 10.1. The van der Waals surface area contributed by atoms with Crippen LogP contribution in [0.1, 0.15) is 17.9 Å². The maximum Gasteiger partial charge on any atom is 0.247 e. The highest BCUT2D eigenvalue weighted by molar-refractivity contribution is 5.76. The Morgan fingerprint density at radius 1 is 1.00 bits per heavy atom. The summed E-state index contributed by atoms with van der Waals surface area (Å²) in [6.45, 7) is 0.313. The Hall–Kier alpha value is -2.95. The average molecular weight is 321 g/mol. The van der Waals surface area contributed by atoms with Gasteiger partial charge in [0.2, 0.25) is 17.7 Å². The molecule has 0 saturated heterocycles. The van der Waals surface area contributed by atoms with Crippen LogP contribution in [0.15, 0.2) is 65.1 Å². The Kier molecular flexibility index (Phi) is 5.01. The third kappa shape index (κ3) is 4.07. The molecule has 0 saturated carbocycles. The first-order valence-corrected chi connectivity index (χ1v) is 7.88. The van der Waals surface area contributed by atoms with Crippen molar-refractivity contribution in [3.8, 4) is 11.5 Å². The standard InChI is InChI=1S/C19H19N3O2/c1-22(18(23)13-12-15-8-4-2-5-9-15)14-17-20-21-19(24-17)16-10-6-3-7-11-16/h2-11H,12-14H2,1H3. The zero-order valence-corrected chi connectivity index (χ0v) is 13.6. The number of hydrogen-bond acceptors (Lipinski definition) is 4. The number of amides is 1. The van der Waals surface area contributed by atoms with Crippen LogP contribution in [0.25, 0.3) is 11.5 Å². The molecule has 0 aliphatic heterocycles. The van der Waals surface area contributed by atoms with Gasteiger partial charge in [0.25, 0.3) is 0 Å². The second-order valence-electron chi connectivity index (χ2n) is 5.60. The van der Waals surface area contributed by atoms with Crippen molar-refractivity contribution in [2.45, 2.75) is 19.4 Å². The molecule has 0 atom stereocenters. The number of carbonyl (C=O) groups is 1. The minimum absolute atomic E-state index is 0.0540. The highest BCUT2D eigenvalue weighted by Crippen LogP contribution is 2.17. The van der Waals surface area contributed by atoms with Crippen LogP contribution in [-0.2, 0) is 17.8 Å². The Morgan fingerprint density at radius 2 is 1.67 bits per heavy atom. The van der Waals surface area contributed by atoms with Gasteiger partial charge >= 0.3 is 0 Å². The zero-order chi connectivity index (χ0) is 16.8. The van der Waals surface area contributed by atoms with Crippen LogP contribution < -0.4 is 0 Å². The first-order chi connectivity index (χ1) is 11.7. The van der Waals surface area contributed by atoms with Gasteiger partial charge in [0.15, 0.2) is 0 Å². The van der Waals surface area contributed by atoms with E-state index < -0.39 is 0 Å². The van der Waals surface area contributed by atoms with E-state index in [1.807, 2.05) is 60.7 Å². The van der Waals surface area contributed by atoms with Crippen molar-refractivity contribution in [3.63, 3.8) is 0 Å². The van der Waals surface area contributed by atoms with Crippen molar-refractivity contribution in [1.29, 1.82) is 0 Å². The minimum Gasteiger partial charge on any atom is -0.419 e. The van der Waals surface area contributed by atoms with E-state index in [1.54, 1.807) is 11.9 Å². The van der Waals surface area contributed by atoms with Crippen LogP contribution >= 0.6 is 0 Å². The quantitative estimate of drug-likeness (QED) is 0.699. The summed E-state index contributed by atoms with van der Waals surface area (Å²) in [5.74, 6) is 0.957. The Bertz CT molecular complexity index is 785. The molecule has 2 aromatic carbocycles. The molecule has 0 N–H and O–H groups in total. The third-order valence-electron chi connectivity index (χ3n) is 3.76. The van der Waals surface area contributed by atoms with Crippen LogP contribution in [0.5, 0.6) is 0 Å². The zero-order valence-electron chi connectivity index (χ0n) is 13.6. The summed E-state index contributed by atoms with van der Waals surface area (Å²) < 4.78 is 5.64. The van der Waals surface area contributed by atoms with Gasteiger partial charge in [-0.25, -0.2) is 0 Å². The maximum absolute atomic E-state index is 12.2. The lowest BCUT2D eigenvalue weighted by molar-refractivity contribution is -0.130. The van der Waals surface area contributed by atoms with Gasteiger partial charge in [-0.1, -0.05) is 48.5 Å². The van der Waals surface area contributed by atoms with E-state index in [0.717, 1.165) is 17.5 Å². The topological polar surface area (TPSA) is 59.2 Å². The highest BCUT2D eigenvalue weighted by Gasteiger charge is 2.14. The molecule has 5 heteroatoms. The van der Waals surface area contributed by atoms with Crippen molar-refractivity contribution >= 4 is 5.91 Å². The Morgan fingerprint density at radius 3 is 2.38 bits per heavy atom. The summed E-state index contributed by atoms with van der Waals surface area (Å²) in [4.78, 5) is 13.8. The second kappa shape index (κ2) is 7.55. The van der Waals surface area contributed by atoms with Gasteiger partial charge < -0.3 is 9.32 Å². The fourth-order valence-electron chi connectivity index (χ4n) is 2.39. The van der Waals surface area contributed by atoms with Crippen molar-refractivity contribution in [3.05, 3.63) is 72.1 Å². The van der Waals surface area contributed by atoms with Crippen LogP contribution in [0.4, 0.5) is 0 Å². The molecule has 0 aliphatic rings. The molecule has 5 nitrogen and oxygen atoms in total. The lowest BCUT2D eigenvalue weighted by Gasteiger charge is -2.14. The van der Waals surface area contributed by atoms with Crippen molar-refractivity contribution in [2.24, 2.45) is 0 Å². The molecule has 0 radical (unpaired) electrons. The molecule has 0 fully saturated rings. The highest BCUT2D eigenvalue weighted by atomic mass is 16.4. The molecule has 3 aromatic rings. The van der Waals surface area contributed by atoms with E-state index in [2.05, 4.69) is 10.2 Å². The summed E-state index contributed by atoms with van der Waals surface area (Å²) in [6.07, 6.45) is 1.18. The van der Waals surface area contributed by atoms with Crippen LogP contribution in [0, 0.1) is 0 Å². The molecule has 1 aromatic heterocycles. The molecule has 0 unspecified atom stereocenters. The molecule has 1 heterocycles. The van der Waals surface area contributed by atoms with E-state index in [-0.39, 0.29) is 5.91 Å². The molecule has 1 amide bonds. The number of rotatable bonds is 6. The van der Waals surface area contributed by atoms with Crippen molar-refractivity contribution in [2.75, 3.05) is 7.05 Å². The van der Waals surface area contributed by atoms with E-state index in [9.17, 15) is 4.79 Å². The third-order valence-corrected chi connectivity index (χ3v) is 3.76. The SMILES string of the molecule is CN(Cc1nnc(-c2ccccc2)o1)C(=O)CCc1ccccc1. The smallest absolute Gasteiger partial charge is 0.247 e. The molecular formula is C19H19N3O2. The number of nitrogens with zero attached hydrogens (tertiary/aromatic N) is 3. The second-order valence-corrected chi connectivity index (χ2v) is 5.60. The first-order valence-electron chi connectivity index (χ1n) is 7.88. The van der Waals surface area contributed by atoms with E-state index in [0.29, 0.717) is 24.7 Å². The summed E-state index contributed by atoms with van der Waals surface area (Å²) in [5, 5.41) is 8.06. The molecule has 0 aliphatic carbocycles. The number of aromatic nitrogens is 2. The van der Waals surface area contributed by atoms with Gasteiger partial charge in [-0.15, -0.1) is 10.2 Å². The summed E-state index contributed by atoms with van der Waals surface area (Å²) >= 11 is 0. The fourth-order valence-corrected chi connectivity index (χ4v) is 2.39. The largest absolute Gasteiger partial charge is 0.419 e. The van der Waals surface area contributed by atoms with E-state index in [4.69, 9.17) is 4.42 Å².